The van der Waals surface area contributed by atoms with Gasteiger partial charge in [-0.3, -0.25) is 0 Å². The van der Waals surface area contributed by atoms with Gasteiger partial charge in [0.2, 0.25) is 0 Å². The summed E-state index contributed by atoms with van der Waals surface area (Å²) in [4.78, 5) is 0. The van der Waals surface area contributed by atoms with Crippen molar-refractivity contribution in [3.63, 3.8) is 0 Å². The van der Waals surface area contributed by atoms with Crippen LogP contribution in [0.25, 0.3) is 0 Å². The van der Waals surface area contributed by atoms with Gasteiger partial charge in [0.15, 0.2) is 9.33 Å². The van der Waals surface area contributed by atoms with Crippen LogP contribution in [0.15, 0.2) is 0 Å². The summed E-state index contributed by atoms with van der Waals surface area (Å²) in [5.74, 6) is 0. The molecule has 0 saturated carbocycles. The predicted octanol–water partition coefficient (Wildman–Crippen LogP) is -3.31. The minimum atomic E-state index is -4.44. The molecule has 0 aromatic heterocycles. The molecule has 6 heteroatoms. The number of rotatable bonds is 0. The van der Waals surface area contributed by atoms with E-state index in [1.165, 1.54) is 0 Å². The van der Waals surface area contributed by atoms with Gasteiger partial charge in [-0.1, -0.05) is 0 Å². The van der Waals surface area contributed by atoms with Gasteiger partial charge in [0.25, 0.3) is 0 Å². The Morgan fingerprint density at radius 2 is 1.50 bits per heavy atom. The van der Waals surface area contributed by atoms with Crippen LogP contribution in [0.1, 0.15) is 0 Å². The van der Waals surface area contributed by atoms with E-state index in [1.54, 1.807) is 0 Å². The first kappa shape index (κ1) is 9.93. The number of hydrogen-bond donors (Lipinski definition) is 0. The Morgan fingerprint density at radius 3 is 1.50 bits per heavy atom. The summed E-state index contributed by atoms with van der Waals surface area (Å²) in [5.41, 5.74) is 0. The largest absolute Gasteiger partial charge is 1.00 e. The van der Waals surface area contributed by atoms with E-state index in [4.69, 9.17) is 13.0 Å². The van der Waals surface area contributed by atoms with Crippen molar-refractivity contribution in [3.8, 4) is 0 Å². The topological polar surface area (TPSA) is 57.2 Å². The van der Waals surface area contributed by atoms with Gasteiger partial charge in [-0.25, -0.2) is 8.42 Å². The Bertz CT molecular complexity index is 94.0. The first-order valence-electron chi connectivity index (χ1n) is 0.654. The summed E-state index contributed by atoms with van der Waals surface area (Å²) in [7, 11) is -0.498. The molecule has 32 valence electrons. The monoisotopic (exact) mass is 122 g/mol. The maximum Gasteiger partial charge on any atom is 1.00 e. The summed E-state index contributed by atoms with van der Waals surface area (Å²) in [6.07, 6.45) is 0. The van der Waals surface area contributed by atoms with E-state index in [9.17, 15) is 0 Å². The molecule has 0 rings (SSSR count). The average Bonchev–Trinajstić information content (AvgIpc) is 0.722. The Balaban J connectivity index is 0. The fourth-order valence-corrected chi connectivity index (χ4v) is 0. The molecule has 0 atom stereocenters. The van der Waals surface area contributed by atoms with E-state index in [-0.39, 0.29) is 18.9 Å². The third-order valence-electron chi connectivity index (χ3n) is 0. The molecule has 0 saturated heterocycles. The van der Waals surface area contributed by atoms with Crippen LogP contribution in [0, 0.1) is 0 Å². The van der Waals surface area contributed by atoms with Gasteiger partial charge >= 0.3 is 18.9 Å². The van der Waals surface area contributed by atoms with Gasteiger partial charge in [0, 0.05) is 10.7 Å². The van der Waals surface area contributed by atoms with E-state index < -0.39 is 9.33 Å². The fourth-order valence-electron chi connectivity index (χ4n) is 0. The first-order chi connectivity index (χ1) is 2.00. The molecule has 0 heterocycles. The Morgan fingerprint density at radius 1 is 1.50 bits per heavy atom. The zero-order chi connectivity index (χ0) is 4.50. The van der Waals surface area contributed by atoms with Crippen molar-refractivity contribution in [2.75, 3.05) is 0 Å². The number of halogens is 1. The minimum absolute atomic E-state index is 0. The molecule has 0 aliphatic rings. The standard InChI is InChI=1S/ClHO3S.Li/c1-5(2,3)4;/h(H,2,3,4);/q;+1/p-1. The van der Waals surface area contributed by atoms with Crippen molar-refractivity contribution in [2.24, 2.45) is 0 Å². The van der Waals surface area contributed by atoms with Crippen molar-refractivity contribution in [3.05, 3.63) is 0 Å². The molecule has 0 bridgehead atoms. The van der Waals surface area contributed by atoms with Crippen LogP contribution < -0.4 is 18.9 Å². The van der Waals surface area contributed by atoms with Crippen molar-refractivity contribution in [1.82, 2.24) is 0 Å². The predicted molar refractivity (Wildman–Crippen MR) is 15.6 cm³/mol. The third-order valence-corrected chi connectivity index (χ3v) is 0. The van der Waals surface area contributed by atoms with Crippen LogP contribution in [-0.2, 0) is 9.33 Å². The molecular weight excluding hydrogens is 122 g/mol. The molecule has 0 aromatic rings. The second-order valence-electron chi connectivity index (χ2n) is 0.393. The van der Waals surface area contributed by atoms with Crippen molar-refractivity contribution in [1.29, 1.82) is 0 Å². The molecule has 0 radical (unpaired) electrons. The van der Waals surface area contributed by atoms with Gasteiger partial charge in [0.05, 0.1) is 0 Å². The van der Waals surface area contributed by atoms with Crippen LogP contribution in [0.2, 0.25) is 0 Å². The Labute approximate surface area is 52.1 Å². The summed E-state index contributed by atoms with van der Waals surface area (Å²) >= 11 is 0. The zero-order valence-corrected chi connectivity index (χ0v) is 4.58. The smallest absolute Gasteiger partial charge is 0.735 e. The van der Waals surface area contributed by atoms with Crippen LogP contribution in [-0.4, -0.2) is 13.0 Å². The summed E-state index contributed by atoms with van der Waals surface area (Å²) in [5, 5.41) is 0. The van der Waals surface area contributed by atoms with Gasteiger partial charge in [-0.05, 0) is 0 Å². The molecule has 0 unspecified atom stereocenters. The fraction of sp³-hybridized carbons (Fsp3) is 0. The van der Waals surface area contributed by atoms with Crippen LogP contribution in [0.5, 0.6) is 0 Å². The molecular formula is ClLiO3S. The molecule has 0 amide bonds. The van der Waals surface area contributed by atoms with Gasteiger partial charge in [0.1, 0.15) is 0 Å². The molecule has 3 nitrogen and oxygen atoms in total. The molecule has 0 spiro atoms. The molecule has 0 fully saturated rings. The second kappa shape index (κ2) is 2.89. The van der Waals surface area contributed by atoms with E-state index in [0.29, 0.717) is 0 Å². The summed E-state index contributed by atoms with van der Waals surface area (Å²) < 4.78 is 26.5. The van der Waals surface area contributed by atoms with E-state index >= 15 is 0 Å². The maximum atomic E-state index is 8.84. The summed E-state index contributed by atoms with van der Waals surface area (Å²) in [6.45, 7) is 0. The van der Waals surface area contributed by atoms with E-state index in [1.807, 2.05) is 0 Å². The quantitative estimate of drug-likeness (QED) is 0.192. The normalized spacial score (nSPS) is 9.67. The van der Waals surface area contributed by atoms with Gasteiger partial charge < -0.3 is 4.55 Å². The first-order valence-corrected chi connectivity index (χ1v) is 2.89. The SMILES string of the molecule is O=S(=O)([O-])Cl.[Li+]. The third kappa shape index (κ3) is 109. The maximum absolute atomic E-state index is 8.84. The van der Waals surface area contributed by atoms with Crippen LogP contribution in [0.3, 0.4) is 0 Å². The van der Waals surface area contributed by atoms with Crippen LogP contribution >= 0.6 is 10.7 Å². The molecule has 0 aliphatic heterocycles. The van der Waals surface area contributed by atoms with Gasteiger partial charge in [-0.15, -0.1) is 0 Å². The average molecular weight is 122 g/mol. The van der Waals surface area contributed by atoms with Crippen molar-refractivity contribution in [2.45, 2.75) is 0 Å². The van der Waals surface area contributed by atoms with E-state index in [0.717, 1.165) is 0 Å². The number of hydrogen-bond acceptors (Lipinski definition) is 3. The molecule has 6 heavy (non-hydrogen) atoms. The minimum Gasteiger partial charge on any atom is -0.735 e. The van der Waals surface area contributed by atoms with Gasteiger partial charge in [-0.2, -0.15) is 0 Å². The second-order valence-corrected chi connectivity index (χ2v) is 2.31. The molecule has 0 N–H and O–H groups in total. The summed E-state index contributed by atoms with van der Waals surface area (Å²) in [6, 6.07) is 0. The Kier molecular flexibility index (Phi) is 4.78. The van der Waals surface area contributed by atoms with Crippen molar-refractivity contribution < 1.29 is 31.8 Å². The van der Waals surface area contributed by atoms with Crippen molar-refractivity contribution >= 4 is 20.0 Å². The zero-order valence-electron chi connectivity index (χ0n) is 3.01. The molecule has 0 aliphatic carbocycles. The molecule has 0 aromatic carbocycles. The Hall–Kier alpha value is 0.797. The van der Waals surface area contributed by atoms with E-state index in [2.05, 4.69) is 10.7 Å². The van der Waals surface area contributed by atoms with Crippen LogP contribution in [0.4, 0.5) is 0 Å².